The zero-order chi connectivity index (χ0) is 9.42. The second-order valence-electron chi connectivity index (χ2n) is 2.34. The molecule has 0 radical (unpaired) electrons. The van der Waals surface area contributed by atoms with Crippen LogP contribution in [0, 0.1) is 0 Å². The van der Waals surface area contributed by atoms with Crippen molar-refractivity contribution in [2.24, 2.45) is 0 Å². The van der Waals surface area contributed by atoms with E-state index in [2.05, 4.69) is 9.97 Å². The Morgan fingerprint density at radius 3 is 2.86 bits per heavy atom. The summed E-state index contributed by atoms with van der Waals surface area (Å²) in [5.74, 6) is -1.53. The Morgan fingerprint density at radius 1 is 1.50 bits per heavy atom. The Labute approximate surface area is 127 Å². The predicted molar refractivity (Wildman–Crippen MR) is 42.3 cm³/mol. The summed E-state index contributed by atoms with van der Waals surface area (Å²) in [6.45, 7) is 0. The van der Waals surface area contributed by atoms with Crippen LogP contribution in [0.1, 0.15) is 10.6 Å². The molecule has 2 rings (SSSR count). The molecule has 0 aliphatic carbocycles. The van der Waals surface area contributed by atoms with Crippen LogP contribution in [-0.2, 0) is 0 Å². The number of hydrogen-bond acceptors (Lipinski definition) is 4. The summed E-state index contributed by atoms with van der Waals surface area (Å²) in [6, 6.07) is 0. The van der Waals surface area contributed by atoms with E-state index < -0.39 is 5.97 Å². The normalized spacial score (nSPS) is 9.79. The van der Waals surface area contributed by atoms with E-state index in [1.54, 1.807) is 0 Å². The molecule has 66 valence electrons. The van der Waals surface area contributed by atoms with Gasteiger partial charge in [0.2, 0.25) is 0 Å². The zero-order valence-corrected chi connectivity index (χ0v) is 11.1. The second kappa shape index (κ2) is 4.69. The van der Waals surface area contributed by atoms with E-state index >= 15 is 0 Å². The minimum Gasteiger partial charge on any atom is -0.542 e. The Balaban J connectivity index is 0.000000980. The quantitative estimate of drug-likeness (QED) is 0.487. The molecule has 0 unspecified atom stereocenters. The van der Waals surface area contributed by atoms with Crippen LogP contribution in [-0.4, -0.2) is 20.3 Å². The van der Waals surface area contributed by atoms with E-state index in [1.807, 2.05) is 0 Å². The summed E-state index contributed by atoms with van der Waals surface area (Å²) in [5.41, 5.74) is 0.448. The van der Waals surface area contributed by atoms with Gasteiger partial charge in [0, 0.05) is 12.4 Å². The summed E-state index contributed by atoms with van der Waals surface area (Å²) in [4.78, 5) is 17.9. The Morgan fingerprint density at radius 2 is 2.21 bits per heavy atom. The Hall–Kier alpha value is 0.0164. The third kappa shape index (κ3) is 2.00. The number of rotatable bonds is 1. The molecule has 7 heteroatoms. The van der Waals surface area contributed by atoms with Crippen LogP contribution < -0.4 is 56.5 Å². The number of carboxylic acids is 1. The molecule has 0 fully saturated rings. The van der Waals surface area contributed by atoms with Crippen LogP contribution >= 0.6 is 11.6 Å². The molecule has 0 N–H and O–H groups in total. The maximum Gasteiger partial charge on any atom is 1.00 e. The molecule has 2 heterocycles. The van der Waals surface area contributed by atoms with Crippen molar-refractivity contribution in [1.82, 2.24) is 14.4 Å². The molecular formula is C7H3ClKN3O2. The van der Waals surface area contributed by atoms with Gasteiger partial charge in [-0.25, -0.2) is 9.97 Å². The average Bonchev–Trinajstić information content (AvgIpc) is 2.48. The van der Waals surface area contributed by atoms with Gasteiger partial charge in [-0.3, -0.25) is 4.40 Å². The molecule has 0 amide bonds. The van der Waals surface area contributed by atoms with Crippen molar-refractivity contribution in [2.45, 2.75) is 0 Å². The largest absolute Gasteiger partial charge is 1.00 e. The van der Waals surface area contributed by atoms with E-state index in [4.69, 9.17) is 11.6 Å². The first-order valence-electron chi connectivity index (χ1n) is 3.39. The first-order valence-corrected chi connectivity index (χ1v) is 3.77. The van der Waals surface area contributed by atoms with E-state index in [1.165, 1.54) is 23.0 Å². The van der Waals surface area contributed by atoms with Crippen LogP contribution in [0.3, 0.4) is 0 Å². The second-order valence-corrected chi connectivity index (χ2v) is 2.70. The zero-order valence-electron chi connectivity index (χ0n) is 7.27. The Bertz CT molecular complexity index is 485. The van der Waals surface area contributed by atoms with Crippen LogP contribution in [0.15, 0.2) is 18.6 Å². The maximum atomic E-state index is 10.5. The third-order valence-electron chi connectivity index (χ3n) is 1.59. The number of carboxylic acid groups (broad SMARTS) is 1. The van der Waals surface area contributed by atoms with Crippen molar-refractivity contribution < 1.29 is 61.3 Å². The van der Waals surface area contributed by atoms with Gasteiger partial charge in [-0.15, -0.1) is 0 Å². The van der Waals surface area contributed by atoms with Crippen LogP contribution in [0.25, 0.3) is 5.52 Å². The summed E-state index contributed by atoms with van der Waals surface area (Å²) in [5, 5.41) is 10.7. The van der Waals surface area contributed by atoms with Gasteiger partial charge in [-0.05, 0) is 0 Å². The standard InChI is InChI=1S/C7H4ClN3O2.K/c8-5-4-3-10-6(7(12)13)11(4)2-1-9-5;/h1-3H,(H,12,13);/q;+1/p-1. The third-order valence-corrected chi connectivity index (χ3v) is 1.89. The number of imidazole rings is 1. The van der Waals surface area contributed by atoms with Gasteiger partial charge < -0.3 is 9.90 Å². The molecule has 0 aliphatic heterocycles. The molecule has 0 atom stereocenters. The van der Waals surface area contributed by atoms with Gasteiger partial charge >= 0.3 is 51.4 Å². The number of hydrogen-bond donors (Lipinski definition) is 0. The number of aromatic nitrogens is 3. The molecule has 0 spiro atoms. The smallest absolute Gasteiger partial charge is 0.542 e. The van der Waals surface area contributed by atoms with Gasteiger partial charge in [0.15, 0.2) is 11.0 Å². The molecule has 0 aliphatic rings. The van der Waals surface area contributed by atoms with Crippen molar-refractivity contribution in [2.75, 3.05) is 0 Å². The molecule has 2 aromatic rings. The maximum absolute atomic E-state index is 10.5. The number of halogens is 1. The molecule has 0 saturated heterocycles. The summed E-state index contributed by atoms with van der Waals surface area (Å²) in [6.07, 6.45) is 4.18. The fourth-order valence-corrected chi connectivity index (χ4v) is 1.24. The molecule has 5 nitrogen and oxygen atoms in total. The molecule has 14 heavy (non-hydrogen) atoms. The van der Waals surface area contributed by atoms with Gasteiger partial charge in [-0.1, -0.05) is 11.6 Å². The van der Waals surface area contributed by atoms with Crippen molar-refractivity contribution in [3.05, 3.63) is 29.6 Å². The average molecular weight is 236 g/mol. The number of carbonyl (C=O) groups is 1. The number of nitrogens with zero attached hydrogens (tertiary/aromatic N) is 3. The van der Waals surface area contributed by atoms with Gasteiger partial charge in [0.05, 0.1) is 6.20 Å². The van der Waals surface area contributed by atoms with Crippen molar-refractivity contribution >= 4 is 23.1 Å². The minimum absolute atomic E-state index is 0. The summed E-state index contributed by atoms with van der Waals surface area (Å²) < 4.78 is 1.31. The van der Waals surface area contributed by atoms with Gasteiger partial charge in [0.25, 0.3) is 0 Å². The summed E-state index contributed by atoms with van der Waals surface area (Å²) in [7, 11) is 0. The van der Waals surface area contributed by atoms with Crippen LogP contribution in [0.4, 0.5) is 0 Å². The molecule has 0 bridgehead atoms. The van der Waals surface area contributed by atoms with E-state index in [-0.39, 0.29) is 62.4 Å². The monoisotopic (exact) mass is 235 g/mol. The number of carbonyl (C=O) groups excluding carboxylic acids is 1. The molecule has 2 aromatic heterocycles. The van der Waals surface area contributed by atoms with E-state index in [0.29, 0.717) is 5.52 Å². The summed E-state index contributed by atoms with van der Waals surface area (Å²) >= 11 is 5.69. The topological polar surface area (TPSA) is 70.3 Å². The van der Waals surface area contributed by atoms with Crippen molar-refractivity contribution in [3.8, 4) is 0 Å². The van der Waals surface area contributed by atoms with Crippen molar-refractivity contribution in [1.29, 1.82) is 0 Å². The van der Waals surface area contributed by atoms with Gasteiger partial charge in [0.1, 0.15) is 11.5 Å². The first kappa shape index (κ1) is 12.1. The Kier molecular flexibility index (Phi) is 4.05. The first-order chi connectivity index (χ1) is 6.20. The predicted octanol–water partition coefficient (Wildman–Crippen LogP) is -3.25. The van der Waals surface area contributed by atoms with Gasteiger partial charge in [-0.2, -0.15) is 0 Å². The SMILES string of the molecule is O=C([O-])c1ncc2c(Cl)nccn12.[K+]. The molecular weight excluding hydrogens is 233 g/mol. The molecule has 0 saturated carbocycles. The number of aromatic carboxylic acids is 1. The fraction of sp³-hybridized carbons (Fsp3) is 0. The van der Waals surface area contributed by atoms with Crippen LogP contribution in [0.2, 0.25) is 5.15 Å². The van der Waals surface area contributed by atoms with Crippen LogP contribution in [0.5, 0.6) is 0 Å². The number of fused-ring (bicyclic) bond motifs is 1. The minimum atomic E-state index is -1.35. The van der Waals surface area contributed by atoms with E-state index in [0.717, 1.165) is 0 Å². The fourth-order valence-electron chi connectivity index (χ4n) is 1.05. The molecule has 0 aromatic carbocycles. The van der Waals surface area contributed by atoms with Crippen molar-refractivity contribution in [3.63, 3.8) is 0 Å². The van der Waals surface area contributed by atoms with E-state index in [9.17, 15) is 9.90 Å².